The predicted octanol–water partition coefficient (Wildman–Crippen LogP) is 4.47. The molecule has 1 aliphatic rings. The minimum Gasteiger partial charge on any atom is -0.341 e. The zero-order valence-electron chi connectivity index (χ0n) is 16.6. The highest BCUT2D eigenvalue weighted by Gasteiger charge is 2.21. The molecule has 4 rings (SSSR count). The third kappa shape index (κ3) is 4.57. The number of likely N-dealkylation sites (tertiary alicyclic amines) is 1. The molecule has 2 amide bonds. The zero-order valence-corrected chi connectivity index (χ0v) is 16.6. The summed E-state index contributed by atoms with van der Waals surface area (Å²) >= 11 is 0. The van der Waals surface area contributed by atoms with E-state index in [0.29, 0.717) is 18.5 Å². The summed E-state index contributed by atoms with van der Waals surface area (Å²) in [5, 5.41) is 3.07. The summed E-state index contributed by atoms with van der Waals surface area (Å²) in [5.41, 5.74) is 3.17. The predicted molar refractivity (Wildman–Crippen MR) is 113 cm³/mol. The van der Waals surface area contributed by atoms with Gasteiger partial charge in [0.15, 0.2) is 0 Å². The Hall–Kier alpha value is -3.47. The third-order valence-corrected chi connectivity index (χ3v) is 5.35. The van der Waals surface area contributed by atoms with E-state index in [1.165, 1.54) is 12.1 Å². The number of carbonyl (C=O) groups excluding carboxylic acids is 2. The lowest BCUT2D eigenvalue weighted by molar-refractivity contribution is -0.128. The molecular weight excluding hydrogens is 379 g/mol. The Morgan fingerprint density at radius 2 is 1.70 bits per heavy atom. The minimum atomic E-state index is -0.400. The number of benzene rings is 3. The summed E-state index contributed by atoms with van der Waals surface area (Å²) < 4.78 is 13.4. The molecule has 0 bridgehead atoms. The van der Waals surface area contributed by atoms with E-state index in [4.69, 9.17) is 0 Å². The van der Waals surface area contributed by atoms with Crippen LogP contribution in [0.5, 0.6) is 0 Å². The van der Waals surface area contributed by atoms with Crippen molar-refractivity contribution in [3.05, 3.63) is 107 Å². The SMILES string of the molecule is O=C(NC(c1ccccc1)c1ccc(F)cc1)c1cccc(CN2CCCC2=O)c1. The second-order valence-electron chi connectivity index (χ2n) is 7.49. The van der Waals surface area contributed by atoms with Gasteiger partial charge < -0.3 is 10.2 Å². The van der Waals surface area contributed by atoms with Crippen LogP contribution < -0.4 is 5.32 Å². The van der Waals surface area contributed by atoms with E-state index >= 15 is 0 Å². The quantitative estimate of drug-likeness (QED) is 0.662. The Balaban J connectivity index is 1.56. The number of nitrogens with one attached hydrogen (secondary N) is 1. The molecule has 0 aliphatic carbocycles. The number of rotatable bonds is 6. The molecule has 1 atom stereocenters. The zero-order chi connectivity index (χ0) is 20.9. The molecule has 0 aromatic heterocycles. The van der Waals surface area contributed by atoms with Gasteiger partial charge in [-0.05, 0) is 47.4 Å². The van der Waals surface area contributed by atoms with Crippen LogP contribution in [-0.4, -0.2) is 23.3 Å². The second kappa shape index (κ2) is 8.91. The van der Waals surface area contributed by atoms with E-state index in [2.05, 4.69) is 5.32 Å². The molecule has 1 N–H and O–H groups in total. The van der Waals surface area contributed by atoms with Gasteiger partial charge in [0.25, 0.3) is 5.91 Å². The van der Waals surface area contributed by atoms with Crippen molar-refractivity contribution in [3.8, 4) is 0 Å². The Morgan fingerprint density at radius 3 is 2.40 bits per heavy atom. The molecule has 1 unspecified atom stereocenters. The van der Waals surface area contributed by atoms with Gasteiger partial charge in [0, 0.05) is 25.1 Å². The van der Waals surface area contributed by atoms with Gasteiger partial charge in [-0.15, -0.1) is 0 Å². The van der Waals surface area contributed by atoms with Gasteiger partial charge in [-0.25, -0.2) is 4.39 Å². The van der Waals surface area contributed by atoms with Crippen LogP contribution in [-0.2, 0) is 11.3 Å². The summed E-state index contributed by atoms with van der Waals surface area (Å²) in [7, 11) is 0. The molecule has 30 heavy (non-hydrogen) atoms. The topological polar surface area (TPSA) is 49.4 Å². The van der Waals surface area contributed by atoms with Crippen molar-refractivity contribution < 1.29 is 14.0 Å². The molecule has 1 saturated heterocycles. The van der Waals surface area contributed by atoms with Gasteiger partial charge in [0.1, 0.15) is 5.82 Å². The molecule has 1 heterocycles. The number of nitrogens with zero attached hydrogens (tertiary/aromatic N) is 1. The molecular formula is C25H23FN2O2. The van der Waals surface area contributed by atoms with Crippen molar-refractivity contribution in [1.82, 2.24) is 10.2 Å². The van der Waals surface area contributed by atoms with Crippen LogP contribution in [0, 0.1) is 5.82 Å². The van der Waals surface area contributed by atoms with Crippen LogP contribution >= 0.6 is 0 Å². The first-order chi connectivity index (χ1) is 14.6. The summed E-state index contributed by atoms with van der Waals surface area (Å²) in [6, 6.07) is 22.7. The molecule has 152 valence electrons. The van der Waals surface area contributed by atoms with Gasteiger partial charge in [-0.3, -0.25) is 9.59 Å². The van der Waals surface area contributed by atoms with Crippen molar-refractivity contribution >= 4 is 11.8 Å². The smallest absolute Gasteiger partial charge is 0.252 e. The maximum atomic E-state index is 13.4. The van der Waals surface area contributed by atoms with Gasteiger partial charge >= 0.3 is 0 Å². The monoisotopic (exact) mass is 402 g/mol. The molecule has 1 fully saturated rings. The largest absolute Gasteiger partial charge is 0.341 e. The Kier molecular flexibility index (Phi) is 5.89. The highest BCUT2D eigenvalue weighted by atomic mass is 19.1. The number of carbonyl (C=O) groups is 2. The van der Waals surface area contributed by atoms with Crippen molar-refractivity contribution in [3.63, 3.8) is 0 Å². The first-order valence-electron chi connectivity index (χ1n) is 10.1. The molecule has 3 aromatic rings. The fraction of sp³-hybridized carbons (Fsp3) is 0.200. The first kappa shape index (κ1) is 19.8. The average molecular weight is 402 g/mol. The Morgan fingerprint density at radius 1 is 0.967 bits per heavy atom. The first-order valence-corrected chi connectivity index (χ1v) is 10.1. The molecule has 1 aliphatic heterocycles. The number of hydrogen-bond acceptors (Lipinski definition) is 2. The summed E-state index contributed by atoms with van der Waals surface area (Å²) in [6.45, 7) is 1.27. The minimum absolute atomic E-state index is 0.158. The lowest BCUT2D eigenvalue weighted by Gasteiger charge is -2.20. The summed E-state index contributed by atoms with van der Waals surface area (Å²) in [4.78, 5) is 26.8. The number of hydrogen-bond donors (Lipinski definition) is 1. The van der Waals surface area contributed by atoms with Gasteiger partial charge in [0.05, 0.1) is 6.04 Å². The summed E-state index contributed by atoms with van der Waals surface area (Å²) in [6.07, 6.45) is 1.48. The third-order valence-electron chi connectivity index (χ3n) is 5.35. The maximum absolute atomic E-state index is 13.4. The molecule has 0 spiro atoms. The van der Waals surface area contributed by atoms with Crippen molar-refractivity contribution in [2.45, 2.75) is 25.4 Å². The molecule has 4 nitrogen and oxygen atoms in total. The standard InChI is InChI=1S/C25H23FN2O2/c26-22-13-11-20(12-14-22)24(19-7-2-1-3-8-19)27-25(30)21-9-4-6-18(16-21)17-28-15-5-10-23(28)29/h1-4,6-9,11-14,16,24H,5,10,15,17H2,(H,27,30). The fourth-order valence-electron chi connectivity index (χ4n) is 3.78. The normalized spacial score (nSPS) is 14.6. The number of halogens is 1. The van der Waals surface area contributed by atoms with E-state index < -0.39 is 6.04 Å². The van der Waals surface area contributed by atoms with Gasteiger partial charge in [0.2, 0.25) is 5.91 Å². The van der Waals surface area contributed by atoms with E-state index in [9.17, 15) is 14.0 Å². The van der Waals surface area contributed by atoms with Crippen molar-refractivity contribution in [2.24, 2.45) is 0 Å². The number of amides is 2. The van der Waals surface area contributed by atoms with E-state index in [1.54, 1.807) is 18.2 Å². The van der Waals surface area contributed by atoms with Crippen LogP contribution in [0.3, 0.4) is 0 Å². The van der Waals surface area contributed by atoms with Gasteiger partial charge in [-0.1, -0.05) is 54.6 Å². The van der Waals surface area contributed by atoms with Crippen molar-refractivity contribution in [1.29, 1.82) is 0 Å². The van der Waals surface area contributed by atoms with Crippen LogP contribution in [0.2, 0.25) is 0 Å². The van der Waals surface area contributed by atoms with E-state index in [-0.39, 0.29) is 17.6 Å². The average Bonchev–Trinajstić information content (AvgIpc) is 3.18. The van der Waals surface area contributed by atoms with Gasteiger partial charge in [-0.2, -0.15) is 0 Å². The Labute approximate surface area is 175 Å². The van der Waals surface area contributed by atoms with E-state index in [0.717, 1.165) is 29.7 Å². The molecule has 3 aromatic carbocycles. The van der Waals surface area contributed by atoms with Crippen LogP contribution in [0.15, 0.2) is 78.9 Å². The fourth-order valence-corrected chi connectivity index (χ4v) is 3.78. The maximum Gasteiger partial charge on any atom is 0.252 e. The van der Waals surface area contributed by atoms with Crippen molar-refractivity contribution in [2.75, 3.05) is 6.54 Å². The highest BCUT2D eigenvalue weighted by Crippen LogP contribution is 2.23. The Bertz CT molecular complexity index is 1030. The summed E-state index contributed by atoms with van der Waals surface area (Å²) in [5.74, 6) is -0.380. The molecule has 0 radical (unpaired) electrons. The van der Waals surface area contributed by atoms with Crippen LogP contribution in [0.25, 0.3) is 0 Å². The lowest BCUT2D eigenvalue weighted by atomic mass is 9.98. The molecule has 0 saturated carbocycles. The lowest BCUT2D eigenvalue weighted by Crippen LogP contribution is -2.29. The second-order valence-corrected chi connectivity index (χ2v) is 7.49. The van der Waals surface area contributed by atoms with Crippen LogP contribution in [0.1, 0.15) is 45.9 Å². The highest BCUT2D eigenvalue weighted by molar-refractivity contribution is 5.95. The molecule has 5 heteroatoms. The van der Waals surface area contributed by atoms with Crippen LogP contribution in [0.4, 0.5) is 4.39 Å². The van der Waals surface area contributed by atoms with E-state index in [1.807, 2.05) is 53.4 Å².